The Hall–Kier alpha value is 0.259. The fraction of sp³-hybridized carbons (Fsp3) is 0.833. The van der Waals surface area contributed by atoms with Crippen molar-refractivity contribution in [2.75, 3.05) is 0 Å². The van der Waals surface area contributed by atoms with Crippen LogP contribution in [0.1, 0.15) is 58.8 Å². The Bertz CT molecular complexity index is 127. The minimum atomic E-state index is 0.738. The van der Waals surface area contributed by atoms with Gasteiger partial charge in [0, 0.05) is 0 Å². The Morgan fingerprint density at radius 3 is 2.31 bits per heavy atom. The predicted octanol–water partition coefficient (Wildman–Crippen LogP) is 4.39. The van der Waals surface area contributed by atoms with E-state index in [0.717, 1.165) is 15.0 Å². The van der Waals surface area contributed by atoms with E-state index < -0.39 is 0 Å². The van der Waals surface area contributed by atoms with Gasteiger partial charge in [-0.3, -0.25) is 0 Å². The molecule has 0 rings (SSSR count). The van der Waals surface area contributed by atoms with Gasteiger partial charge >= 0.3 is 90.1 Å². The molecule has 0 atom stereocenters. The minimum absolute atomic E-state index is 0.738. The zero-order chi connectivity index (χ0) is 9.94. The van der Waals surface area contributed by atoms with Crippen LogP contribution >= 0.6 is 0 Å². The molecule has 0 unspecified atom stereocenters. The molecular formula is C12H24Se. The van der Waals surface area contributed by atoms with Gasteiger partial charge in [0.05, 0.1) is 0 Å². The molecule has 0 aliphatic rings. The third-order valence-electron chi connectivity index (χ3n) is 2.31. The van der Waals surface area contributed by atoms with Gasteiger partial charge < -0.3 is 0 Å². The van der Waals surface area contributed by atoms with Crippen LogP contribution in [0.25, 0.3) is 0 Å². The van der Waals surface area contributed by atoms with E-state index in [-0.39, 0.29) is 0 Å². The molecule has 0 bridgehead atoms. The summed E-state index contributed by atoms with van der Waals surface area (Å²) in [5.74, 6) is 2.29. The van der Waals surface area contributed by atoms with Gasteiger partial charge in [-0.2, -0.15) is 0 Å². The first-order valence-corrected chi connectivity index (χ1v) is 8.09. The molecule has 0 heterocycles. The topological polar surface area (TPSA) is 0 Å². The molecule has 0 spiro atoms. The van der Waals surface area contributed by atoms with Gasteiger partial charge in [-0.05, 0) is 0 Å². The summed E-state index contributed by atoms with van der Waals surface area (Å²) < 4.78 is 1.61. The number of unbranched alkanes of at least 4 members (excludes halogenated alkanes) is 6. The van der Waals surface area contributed by atoms with Crippen molar-refractivity contribution in [1.29, 1.82) is 0 Å². The molecular weight excluding hydrogens is 223 g/mol. The fourth-order valence-corrected chi connectivity index (χ4v) is 1.91. The summed E-state index contributed by atoms with van der Waals surface area (Å²) in [5.41, 5.74) is 0. The molecule has 0 aromatic heterocycles. The zero-order valence-electron chi connectivity index (χ0n) is 9.44. The number of rotatable bonds is 8. The summed E-state index contributed by atoms with van der Waals surface area (Å²) in [6.45, 7) is 4.53. The monoisotopic (exact) mass is 248 g/mol. The van der Waals surface area contributed by atoms with E-state index in [2.05, 4.69) is 25.7 Å². The van der Waals surface area contributed by atoms with E-state index in [1.807, 2.05) is 0 Å². The average Bonchev–Trinajstić information content (AvgIpc) is 2.16. The van der Waals surface area contributed by atoms with Crippen molar-refractivity contribution in [3.05, 3.63) is 10.5 Å². The van der Waals surface area contributed by atoms with Crippen molar-refractivity contribution in [2.24, 2.45) is 0 Å². The average molecular weight is 247 g/mol. The Morgan fingerprint density at radius 2 is 1.69 bits per heavy atom. The summed E-state index contributed by atoms with van der Waals surface area (Å²) in [5, 5.41) is 0. The van der Waals surface area contributed by atoms with Crippen LogP contribution in [0.4, 0.5) is 0 Å². The summed E-state index contributed by atoms with van der Waals surface area (Å²) in [7, 11) is 0. The van der Waals surface area contributed by atoms with Gasteiger partial charge in [-0.15, -0.1) is 0 Å². The van der Waals surface area contributed by atoms with Crippen molar-refractivity contribution in [1.82, 2.24) is 0 Å². The molecule has 0 saturated heterocycles. The first-order valence-electron chi connectivity index (χ1n) is 5.52. The van der Waals surface area contributed by atoms with Gasteiger partial charge in [0.2, 0.25) is 0 Å². The second-order valence-electron chi connectivity index (χ2n) is 3.58. The Labute approximate surface area is 90.3 Å². The van der Waals surface area contributed by atoms with Gasteiger partial charge in [0.15, 0.2) is 0 Å². The Morgan fingerprint density at radius 1 is 1.08 bits per heavy atom. The van der Waals surface area contributed by atoms with E-state index >= 15 is 0 Å². The second-order valence-corrected chi connectivity index (χ2v) is 5.78. The van der Waals surface area contributed by atoms with Crippen LogP contribution in [0.3, 0.4) is 0 Å². The van der Waals surface area contributed by atoms with Crippen molar-refractivity contribution in [3.63, 3.8) is 0 Å². The standard InChI is InChI=1S/C12H24Se/c1-4-5-6-7-8-9-10-11-12(2)13-3/h11H,4-10H2,1-3H3/b12-11+. The maximum atomic E-state index is 2.43. The molecule has 1 heteroatoms. The van der Waals surface area contributed by atoms with Crippen molar-refractivity contribution in [3.8, 4) is 0 Å². The molecule has 0 saturated carbocycles. The molecule has 13 heavy (non-hydrogen) atoms. The van der Waals surface area contributed by atoms with Crippen LogP contribution in [0.2, 0.25) is 5.82 Å². The summed E-state index contributed by atoms with van der Waals surface area (Å²) in [4.78, 5) is 0. The summed E-state index contributed by atoms with van der Waals surface area (Å²) >= 11 is 0.738. The molecule has 0 amide bonds. The molecule has 78 valence electrons. The Balaban J connectivity index is 3.08. The van der Waals surface area contributed by atoms with Crippen LogP contribution in [0.5, 0.6) is 0 Å². The van der Waals surface area contributed by atoms with Gasteiger partial charge in [0.1, 0.15) is 0 Å². The van der Waals surface area contributed by atoms with Crippen LogP contribution in [-0.2, 0) is 0 Å². The molecule has 0 aliphatic heterocycles. The fourth-order valence-electron chi connectivity index (χ4n) is 1.31. The number of allylic oxidation sites excluding steroid dienone is 2. The second kappa shape index (κ2) is 10.3. The molecule has 0 N–H and O–H groups in total. The van der Waals surface area contributed by atoms with Crippen LogP contribution in [0, 0.1) is 0 Å². The number of hydrogen-bond donors (Lipinski definition) is 0. The zero-order valence-corrected chi connectivity index (χ0v) is 11.1. The van der Waals surface area contributed by atoms with Crippen molar-refractivity contribution >= 4 is 15.0 Å². The van der Waals surface area contributed by atoms with Gasteiger partial charge in [0.25, 0.3) is 0 Å². The van der Waals surface area contributed by atoms with Crippen LogP contribution < -0.4 is 0 Å². The quantitative estimate of drug-likeness (QED) is 0.440. The molecule has 0 fully saturated rings. The van der Waals surface area contributed by atoms with E-state index in [9.17, 15) is 0 Å². The predicted molar refractivity (Wildman–Crippen MR) is 63.4 cm³/mol. The first kappa shape index (κ1) is 13.3. The third kappa shape index (κ3) is 10.2. The van der Waals surface area contributed by atoms with Crippen molar-refractivity contribution in [2.45, 2.75) is 64.6 Å². The van der Waals surface area contributed by atoms with Crippen LogP contribution in [0.15, 0.2) is 10.5 Å². The molecule has 0 nitrogen and oxygen atoms in total. The van der Waals surface area contributed by atoms with E-state index in [1.165, 1.54) is 44.9 Å². The van der Waals surface area contributed by atoms with Crippen molar-refractivity contribution < 1.29 is 0 Å². The normalized spacial score (nSPS) is 12.1. The van der Waals surface area contributed by atoms with E-state index in [0.29, 0.717) is 0 Å². The van der Waals surface area contributed by atoms with E-state index in [4.69, 9.17) is 0 Å². The molecule has 0 aromatic rings. The SMILES string of the molecule is CCCCCCCC/C=C(\C)[Se]C. The van der Waals surface area contributed by atoms with E-state index in [1.54, 1.807) is 4.47 Å². The maximum absolute atomic E-state index is 2.43. The third-order valence-corrected chi connectivity index (χ3v) is 4.01. The summed E-state index contributed by atoms with van der Waals surface area (Å²) in [6.07, 6.45) is 12.2. The molecule has 0 radical (unpaired) electrons. The molecule has 0 aromatic carbocycles. The summed E-state index contributed by atoms with van der Waals surface area (Å²) in [6, 6.07) is 0. The first-order chi connectivity index (χ1) is 6.31. The number of hydrogen-bond acceptors (Lipinski definition) is 0. The van der Waals surface area contributed by atoms with Crippen LogP contribution in [-0.4, -0.2) is 15.0 Å². The van der Waals surface area contributed by atoms with Gasteiger partial charge in [-0.25, -0.2) is 0 Å². The molecule has 0 aliphatic carbocycles. The van der Waals surface area contributed by atoms with Gasteiger partial charge in [-0.1, -0.05) is 0 Å². The Kier molecular flexibility index (Phi) is 10.5.